The molecule has 9 heteroatoms. The van der Waals surface area contributed by atoms with Gasteiger partial charge in [-0.25, -0.2) is 13.2 Å². The monoisotopic (exact) mass is 608 g/mol. The molecule has 0 aliphatic carbocycles. The Hall–Kier alpha value is -3.14. The van der Waals surface area contributed by atoms with Crippen molar-refractivity contribution in [2.24, 2.45) is 0 Å². The molecule has 0 spiro atoms. The van der Waals surface area contributed by atoms with E-state index >= 15 is 0 Å². The summed E-state index contributed by atoms with van der Waals surface area (Å²) in [6.07, 6.45) is 6.26. The second-order valence-electron chi connectivity index (χ2n) is 11.2. The lowest BCUT2D eigenvalue weighted by molar-refractivity contribution is -0.139. The highest BCUT2D eigenvalue weighted by atomic mass is 32.2. The Bertz CT molecular complexity index is 1490. The van der Waals surface area contributed by atoms with Gasteiger partial charge in [-0.3, -0.25) is 9.69 Å². The number of nitrogens with one attached hydrogen (secondary N) is 1. The van der Waals surface area contributed by atoms with Crippen LogP contribution in [0.4, 0.5) is 0 Å². The second kappa shape index (κ2) is 14.4. The summed E-state index contributed by atoms with van der Waals surface area (Å²) in [5, 5.41) is 12.3. The van der Waals surface area contributed by atoms with E-state index in [-0.39, 0.29) is 12.2 Å². The molecule has 1 saturated heterocycles. The number of thioether (sulfide) groups is 1. The fraction of sp³-hybridized carbons (Fsp3) is 0.394. The van der Waals surface area contributed by atoms with Crippen LogP contribution in [0.15, 0.2) is 72.8 Å². The molecule has 0 aromatic heterocycles. The van der Waals surface area contributed by atoms with Crippen molar-refractivity contribution < 1.29 is 23.1 Å². The van der Waals surface area contributed by atoms with Crippen LogP contribution in [-0.4, -0.2) is 72.4 Å². The third-order valence-electron chi connectivity index (χ3n) is 7.95. The number of benzene rings is 3. The van der Waals surface area contributed by atoms with E-state index in [1.165, 1.54) is 5.56 Å². The van der Waals surface area contributed by atoms with Crippen molar-refractivity contribution in [3.63, 3.8) is 0 Å². The third-order valence-corrected chi connectivity index (χ3v) is 9.65. The van der Waals surface area contributed by atoms with E-state index in [1.54, 1.807) is 6.07 Å². The maximum absolute atomic E-state index is 13.5. The third kappa shape index (κ3) is 8.46. The molecule has 1 heterocycles. The van der Waals surface area contributed by atoms with Gasteiger partial charge in [-0.05, 0) is 78.8 Å². The normalized spacial score (nSPS) is 18.1. The van der Waals surface area contributed by atoms with Crippen LogP contribution in [0, 0.1) is 6.92 Å². The number of likely N-dealkylation sites (tertiary alicyclic amines) is 1. The number of carboxylic acids is 1. The largest absolute Gasteiger partial charge is 0.480 e. The molecule has 3 aromatic rings. The number of amides is 1. The number of hydrogen-bond acceptors (Lipinski definition) is 6. The van der Waals surface area contributed by atoms with E-state index in [2.05, 4.69) is 46.8 Å². The van der Waals surface area contributed by atoms with Crippen LogP contribution in [-0.2, 0) is 27.6 Å². The van der Waals surface area contributed by atoms with E-state index in [9.17, 15) is 23.1 Å². The maximum Gasteiger partial charge on any atom is 0.326 e. The molecule has 4 rings (SSSR count). The minimum atomic E-state index is -3.38. The van der Waals surface area contributed by atoms with Crippen LogP contribution in [0.2, 0.25) is 0 Å². The Kier molecular flexibility index (Phi) is 10.9. The molecule has 1 aliphatic rings. The van der Waals surface area contributed by atoms with Crippen LogP contribution in [0.5, 0.6) is 0 Å². The minimum Gasteiger partial charge on any atom is -0.480 e. The van der Waals surface area contributed by atoms with E-state index in [0.717, 1.165) is 60.1 Å². The average molecular weight is 609 g/mol. The first-order valence-corrected chi connectivity index (χ1v) is 17.7. The van der Waals surface area contributed by atoms with Crippen LogP contribution >= 0.6 is 11.8 Å². The lowest BCUT2D eigenvalue weighted by atomic mass is 9.93. The minimum absolute atomic E-state index is 0.202. The fourth-order valence-electron chi connectivity index (χ4n) is 5.77. The quantitative estimate of drug-likeness (QED) is 0.274. The first-order valence-electron chi connectivity index (χ1n) is 14.2. The first-order chi connectivity index (χ1) is 20.1. The number of carbonyl (C=O) groups is 2. The average Bonchev–Trinajstić information content (AvgIpc) is 3.31. The molecule has 1 aliphatic heterocycles. The molecule has 0 radical (unpaired) electrons. The van der Waals surface area contributed by atoms with Crippen molar-refractivity contribution in [1.29, 1.82) is 0 Å². The highest BCUT2D eigenvalue weighted by molar-refractivity contribution is 7.98. The number of sulfone groups is 1. The summed E-state index contributed by atoms with van der Waals surface area (Å²) in [6.45, 7) is 2.73. The number of carboxylic acid groups (broad SMARTS) is 1. The Labute approximate surface area is 253 Å². The molecule has 42 heavy (non-hydrogen) atoms. The van der Waals surface area contributed by atoms with E-state index < -0.39 is 27.8 Å². The SMILES string of the molecule is CSCC1CCC(Cc2ccccc2)N1Cc1ccc(C(=O)NC(CCS(C)(=O)=O)C(=O)O)c(-c2ccccc2C)c1. The highest BCUT2D eigenvalue weighted by Crippen LogP contribution is 2.33. The van der Waals surface area contributed by atoms with Crippen molar-refractivity contribution in [2.75, 3.05) is 24.0 Å². The molecule has 2 N–H and O–H groups in total. The summed E-state index contributed by atoms with van der Waals surface area (Å²) in [7, 11) is -3.38. The van der Waals surface area contributed by atoms with Crippen molar-refractivity contribution in [3.8, 4) is 11.1 Å². The Morgan fingerprint density at radius 3 is 2.33 bits per heavy atom. The van der Waals surface area contributed by atoms with Crippen molar-refractivity contribution >= 4 is 33.5 Å². The van der Waals surface area contributed by atoms with Gasteiger partial charge >= 0.3 is 5.97 Å². The van der Waals surface area contributed by atoms with Gasteiger partial charge in [0, 0.05) is 36.2 Å². The van der Waals surface area contributed by atoms with Crippen LogP contribution in [0.3, 0.4) is 0 Å². The van der Waals surface area contributed by atoms with E-state index in [0.29, 0.717) is 17.6 Å². The van der Waals surface area contributed by atoms with Crippen molar-refractivity contribution in [1.82, 2.24) is 10.2 Å². The predicted octanol–water partition coefficient (Wildman–Crippen LogP) is 5.22. The first kappa shape index (κ1) is 31.8. The molecule has 1 fully saturated rings. The van der Waals surface area contributed by atoms with E-state index in [4.69, 9.17) is 0 Å². The molecule has 7 nitrogen and oxygen atoms in total. The molecule has 3 unspecified atom stereocenters. The molecule has 3 atom stereocenters. The van der Waals surface area contributed by atoms with E-state index in [1.807, 2.05) is 55.1 Å². The van der Waals surface area contributed by atoms with Gasteiger partial charge in [0.05, 0.1) is 5.75 Å². The fourth-order valence-corrected chi connectivity index (χ4v) is 7.18. The molecule has 1 amide bonds. The van der Waals surface area contributed by atoms with Gasteiger partial charge < -0.3 is 10.4 Å². The summed E-state index contributed by atoms with van der Waals surface area (Å²) in [4.78, 5) is 28.0. The number of aryl methyl sites for hydroxylation is 1. The standard InChI is InChI=1S/C33H40N2O5S2/c1-23-9-7-8-12-28(23)30-20-25(13-16-29(30)32(36)34-31(33(37)38)17-18-42(3,39)40)21-35-26(14-15-27(35)22-41-2)19-24-10-5-4-6-11-24/h4-13,16,20,26-27,31H,14-15,17-19,21-22H2,1-3H3,(H,34,36)(H,37,38). The van der Waals surface area contributed by atoms with Crippen molar-refractivity contribution in [3.05, 3.63) is 95.1 Å². The lowest BCUT2D eigenvalue weighted by Gasteiger charge is -2.30. The molecular formula is C33H40N2O5S2. The lowest BCUT2D eigenvalue weighted by Crippen LogP contribution is -2.42. The maximum atomic E-state index is 13.5. The van der Waals surface area contributed by atoms with Crippen molar-refractivity contribution in [2.45, 2.75) is 57.3 Å². The Morgan fingerprint density at radius 2 is 1.67 bits per heavy atom. The Balaban J connectivity index is 1.65. The summed E-state index contributed by atoms with van der Waals surface area (Å²) in [5.74, 6) is -1.07. The number of hydrogen-bond donors (Lipinski definition) is 2. The molecule has 224 valence electrons. The van der Waals surface area contributed by atoms with Crippen LogP contribution in [0.25, 0.3) is 11.1 Å². The highest BCUT2D eigenvalue weighted by Gasteiger charge is 2.33. The second-order valence-corrected chi connectivity index (χ2v) is 14.4. The molecular weight excluding hydrogens is 569 g/mol. The smallest absolute Gasteiger partial charge is 0.326 e. The number of carbonyl (C=O) groups excluding carboxylic acids is 1. The molecule has 0 bridgehead atoms. The van der Waals surface area contributed by atoms with Crippen LogP contribution in [0.1, 0.15) is 46.3 Å². The zero-order valence-electron chi connectivity index (χ0n) is 24.5. The molecule has 0 saturated carbocycles. The van der Waals surface area contributed by atoms with Gasteiger partial charge in [0.25, 0.3) is 5.91 Å². The summed E-state index contributed by atoms with van der Waals surface area (Å²) < 4.78 is 23.3. The van der Waals surface area contributed by atoms with Gasteiger partial charge in [0.1, 0.15) is 15.9 Å². The van der Waals surface area contributed by atoms with Gasteiger partial charge in [-0.1, -0.05) is 60.7 Å². The van der Waals surface area contributed by atoms with Gasteiger partial charge in [-0.15, -0.1) is 0 Å². The summed E-state index contributed by atoms with van der Waals surface area (Å²) >= 11 is 1.86. The predicted molar refractivity (Wildman–Crippen MR) is 171 cm³/mol. The molecule has 3 aromatic carbocycles. The van der Waals surface area contributed by atoms with Gasteiger partial charge in [0.2, 0.25) is 0 Å². The number of aliphatic carboxylic acids is 1. The summed E-state index contributed by atoms with van der Waals surface area (Å²) in [6, 6.07) is 23.8. The zero-order chi connectivity index (χ0) is 30.3. The van der Waals surface area contributed by atoms with Gasteiger partial charge in [-0.2, -0.15) is 11.8 Å². The van der Waals surface area contributed by atoms with Crippen LogP contribution < -0.4 is 5.32 Å². The zero-order valence-corrected chi connectivity index (χ0v) is 26.1. The topological polar surface area (TPSA) is 104 Å². The van der Waals surface area contributed by atoms with Gasteiger partial charge in [0.15, 0.2) is 0 Å². The number of nitrogens with zero attached hydrogens (tertiary/aromatic N) is 1. The summed E-state index contributed by atoms with van der Waals surface area (Å²) in [5.41, 5.74) is 5.41. The Morgan fingerprint density at radius 1 is 0.976 bits per heavy atom. The number of rotatable bonds is 13.